The van der Waals surface area contributed by atoms with Crippen molar-refractivity contribution in [1.29, 1.82) is 0 Å². The lowest BCUT2D eigenvalue weighted by Gasteiger charge is -2.16. The largest absolute Gasteiger partial charge is 0.338 e. The number of likely N-dealkylation sites (tertiary alicyclic amines) is 1. The molecule has 0 radical (unpaired) electrons. The summed E-state index contributed by atoms with van der Waals surface area (Å²) in [6.07, 6.45) is 4.96. The van der Waals surface area contributed by atoms with E-state index in [4.69, 9.17) is 0 Å². The predicted octanol–water partition coefficient (Wildman–Crippen LogP) is 2.10. The third kappa shape index (κ3) is 2.98. The Morgan fingerprint density at radius 3 is 2.88 bits per heavy atom. The van der Waals surface area contributed by atoms with Gasteiger partial charge in [-0.15, -0.1) is 0 Å². The Hall–Kier alpha value is -3.02. The maximum atomic E-state index is 12.9. The van der Waals surface area contributed by atoms with Crippen LogP contribution < -0.4 is 5.56 Å². The molecule has 6 nitrogen and oxygen atoms in total. The second-order valence-corrected chi connectivity index (χ2v) is 6.77. The summed E-state index contributed by atoms with van der Waals surface area (Å²) in [7, 11) is 0. The van der Waals surface area contributed by atoms with Crippen LogP contribution in [0, 0.1) is 12.8 Å². The topological polar surface area (TPSA) is 67.6 Å². The van der Waals surface area contributed by atoms with Crippen molar-refractivity contribution in [2.24, 2.45) is 5.92 Å². The first-order valence-corrected chi connectivity index (χ1v) is 8.80. The van der Waals surface area contributed by atoms with Crippen LogP contribution in [0.15, 0.2) is 53.6 Å². The number of hydrogen-bond acceptors (Lipinski definition) is 4. The van der Waals surface area contributed by atoms with E-state index in [9.17, 15) is 9.59 Å². The molecule has 1 fully saturated rings. The van der Waals surface area contributed by atoms with Gasteiger partial charge < -0.3 is 4.90 Å². The van der Waals surface area contributed by atoms with Gasteiger partial charge in [-0.05, 0) is 49.9 Å². The molecule has 4 heterocycles. The van der Waals surface area contributed by atoms with Crippen molar-refractivity contribution in [1.82, 2.24) is 19.3 Å². The predicted molar refractivity (Wildman–Crippen MR) is 98.2 cm³/mol. The minimum absolute atomic E-state index is 0.135. The summed E-state index contributed by atoms with van der Waals surface area (Å²) in [5.74, 6) is 0.135. The van der Waals surface area contributed by atoms with Crippen LogP contribution in [-0.2, 0) is 6.42 Å². The van der Waals surface area contributed by atoms with E-state index in [0.29, 0.717) is 24.7 Å². The van der Waals surface area contributed by atoms with Crippen molar-refractivity contribution in [3.05, 3.63) is 76.1 Å². The summed E-state index contributed by atoms with van der Waals surface area (Å²) in [6.45, 7) is 3.14. The van der Waals surface area contributed by atoms with E-state index in [1.165, 1.54) is 10.6 Å². The van der Waals surface area contributed by atoms with E-state index >= 15 is 0 Å². The third-order valence-corrected chi connectivity index (χ3v) is 4.95. The van der Waals surface area contributed by atoms with Gasteiger partial charge in [-0.3, -0.25) is 19.0 Å². The molecular weight excluding hydrogens is 328 g/mol. The molecule has 1 amide bonds. The highest BCUT2D eigenvalue weighted by molar-refractivity contribution is 5.94. The first-order chi connectivity index (χ1) is 12.6. The number of rotatable bonds is 3. The maximum absolute atomic E-state index is 12.9. The van der Waals surface area contributed by atoms with Crippen LogP contribution in [-0.4, -0.2) is 38.3 Å². The number of aromatic nitrogens is 3. The highest BCUT2D eigenvalue weighted by Crippen LogP contribution is 2.21. The normalized spacial score (nSPS) is 17.0. The standard InChI is InChI=1S/C20H20N4O2/c1-14-5-4-7-18-22-12-17(20(26)24(14)18)19(25)23-10-8-15(13-23)11-16-6-2-3-9-21-16/h2-7,9,12,15H,8,10-11,13H2,1H3. The molecule has 1 saturated heterocycles. The zero-order valence-electron chi connectivity index (χ0n) is 14.6. The fourth-order valence-electron chi connectivity index (χ4n) is 3.59. The van der Waals surface area contributed by atoms with Crippen LogP contribution in [0.1, 0.15) is 28.2 Å². The summed E-state index contributed by atoms with van der Waals surface area (Å²) in [4.78, 5) is 36.1. The van der Waals surface area contributed by atoms with Gasteiger partial charge in [-0.2, -0.15) is 0 Å². The Kier molecular flexibility index (Phi) is 4.24. The minimum atomic E-state index is -0.300. The number of nitrogens with zero attached hydrogens (tertiary/aromatic N) is 4. The van der Waals surface area contributed by atoms with Gasteiger partial charge in [-0.25, -0.2) is 4.98 Å². The molecule has 0 N–H and O–H groups in total. The average molecular weight is 348 g/mol. The number of pyridine rings is 2. The third-order valence-electron chi connectivity index (χ3n) is 4.95. The lowest BCUT2D eigenvalue weighted by Crippen LogP contribution is -2.35. The molecule has 0 saturated carbocycles. The van der Waals surface area contributed by atoms with Gasteiger partial charge in [0.25, 0.3) is 11.5 Å². The van der Waals surface area contributed by atoms with Gasteiger partial charge in [0.2, 0.25) is 0 Å². The Morgan fingerprint density at radius 2 is 2.08 bits per heavy atom. The molecule has 4 rings (SSSR count). The molecule has 0 aliphatic carbocycles. The van der Waals surface area contributed by atoms with Crippen molar-refractivity contribution in [2.45, 2.75) is 19.8 Å². The van der Waals surface area contributed by atoms with Crippen LogP contribution in [0.2, 0.25) is 0 Å². The van der Waals surface area contributed by atoms with Gasteiger partial charge in [0.15, 0.2) is 0 Å². The molecule has 1 aliphatic rings. The molecule has 1 atom stereocenters. The van der Waals surface area contributed by atoms with Gasteiger partial charge in [0.05, 0.1) is 0 Å². The van der Waals surface area contributed by atoms with Gasteiger partial charge in [-0.1, -0.05) is 12.1 Å². The van der Waals surface area contributed by atoms with Gasteiger partial charge in [0.1, 0.15) is 11.2 Å². The van der Waals surface area contributed by atoms with Crippen LogP contribution in [0.25, 0.3) is 5.65 Å². The van der Waals surface area contributed by atoms with E-state index in [1.807, 2.05) is 37.3 Å². The van der Waals surface area contributed by atoms with Gasteiger partial charge >= 0.3 is 0 Å². The number of carbonyl (C=O) groups excluding carboxylic acids is 1. The van der Waals surface area contributed by atoms with Crippen molar-refractivity contribution in [3.63, 3.8) is 0 Å². The lowest BCUT2D eigenvalue weighted by molar-refractivity contribution is 0.0784. The van der Waals surface area contributed by atoms with Crippen LogP contribution in [0.4, 0.5) is 0 Å². The van der Waals surface area contributed by atoms with E-state index < -0.39 is 0 Å². The second-order valence-electron chi connectivity index (χ2n) is 6.77. The molecule has 1 unspecified atom stereocenters. The average Bonchev–Trinajstić information content (AvgIpc) is 3.11. The maximum Gasteiger partial charge on any atom is 0.270 e. The number of amides is 1. The summed E-state index contributed by atoms with van der Waals surface area (Å²) in [5, 5.41) is 0. The van der Waals surface area contributed by atoms with E-state index in [-0.39, 0.29) is 17.0 Å². The zero-order valence-corrected chi connectivity index (χ0v) is 14.6. The minimum Gasteiger partial charge on any atom is -0.338 e. The quantitative estimate of drug-likeness (QED) is 0.727. The first-order valence-electron chi connectivity index (χ1n) is 8.80. The van der Waals surface area contributed by atoms with Crippen molar-refractivity contribution in [2.75, 3.05) is 13.1 Å². The van der Waals surface area contributed by atoms with Crippen molar-refractivity contribution < 1.29 is 4.79 Å². The summed E-state index contributed by atoms with van der Waals surface area (Å²) in [5.41, 5.74) is 2.20. The fourth-order valence-corrected chi connectivity index (χ4v) is 3.59. The molecule has 132 valence electrons. The van der Waals surface area contributed by atoms with Gasteiger partial charge in [0, 0.05) is 36.9 Å². The molecule has 0 spiro atoms. The number of carbonyl (C=O) groups is 1. The second kappa shape index (κ2) is 6.71. The lowest BCUT2D eigenvalue weighted by atomic mass is 10.0. The van der Waals surface area contributed by atoms with E-state index in [1.54, 1.807) is 17.2 Å². The van der Waals surface area contributed by atoms with E-state index in [2.05, 4.69) is 9.97 Å². The number of aryl methyl sites for hydroxylation is 1. The molecule has 0 bridgehead atoms. The zero-order chi connectivity index (χ0) is 18.1. The number of hydrogen-bond donors (Lipinski definition) is 0. The summed E-state index contributed by atoms with van der Waals surface area (Å²) >= 11 is 0. The van der Waals surface area contributed by atoms with Crippen LogP contribution in [0.3, 0.4) is 0 Å². The summed E-state index contributed by atoms with van der Waals surface area (Å²) in [6, 6.07) is 11.3. The highest BCUT2D eigenvalue weighted by atomic mass is 16.2. The monoisotopic (exact) mass is 348 g/mol. The first kappa shape index (κ1) is 16.4. The Balaban J connectivity index is 1.55. The molecule has 6 heteroatoms. The molecule has 3 aromatic rings. The molecule has 26 heavy (non-hydrogen) atoms. The molecule has 3 aromatic heterocycles. The van der Waals surface area contributed by atoms with Crippen LogP contribution in [0.5, 0.6) is 0 Å². The smallest absolute Gasteiger partial charge is 0.270 e. The van der Waals surface area contributed by atoms with Crippen molar-refractivity contribution >= 4 is 11.6 Å². The molecular formula is C20H20N4O2. The van der Waals surface area contributed by atoms with E-state index in [0.717, 1.165) is 24.2 Å². The number of fused-ring (bicyclic) bond motifs is 1. The SMILES string of the molecule is Cc1cccc2ncc(C(=O)N3CCC(Cc4ccccn4)C3)c(=O)n12. The Labute approximate surface area is 151 Å². The fraction of sp³-hybridized carbons (Fsp3) is 0.300. The summed E-state index contributed by atoms with van der Waals surface area (Å²) < 4.78 is 1.49. The van der Waals surface area contributed by atoms with Crippen molar-refractivity contribution in [3.8, 4) is 0 Å². The molecule has 1 aliphatic heterocycles. The Bertz CT molecular complexity index is 1010. The van der Waals surface area contributed by atoms with Crippen LogP contribution >= 0.6 is 0 Å². The Morgan fingerprint density at radius 1 is 1.19 bits per heavy atom. The molecule has 0 aromatic carbocycles. The highest BCUT2D eigenvalue weighted by Gasteiger charge is 2.29.